The molecule has 0 fully saturated rings. The van der Waals surface area contributed by atoms with Gasteiger partial charge in [-0.1, -0.05) is 23.7 Å². The van der Waals surface area contributed by atoms with Gasteiger partial charge in [-0.05, 0) is 19.1 Å². The van der Waals surface area contributed by atoms with Crippen molar-refractivity contribution >= 4 is 22.6 Å². The topological polar surface area (TPSA) is 43.6 Å². The molecule has 1 aromatic carbocycles. The van der Waals surface area contributed by atoms with Crippen molar-refractivity contribution < 1.29 is 0 Å². The second-order valence-electron chi connectivity index (χ2n) is 3.72. The van der Waals surface area contributed by atoms with Crippen LogP contribution in [0.3, 0.4) is 0 Å². The van der Waals surface area contributed by atoms with Crippen molar-refractivity contribution in [2.24, 2.45) is 0 Å². The minimum Gasteiger partial charge on any atom is -0.283 e. The highest BCUT2D eigenvalue weighted by Crippen LogP contribution is 2.21. The van der Waals surface area contributed by atoms with Gasteiger partial charge in [0.15, 0.2) is 0 Å². The lowest BCUT2D eigenvalue weighted by atomic mass is 10.3. The third kappa shape index (κ3) is 1.57. The molecule has 0 amide bonds. The summed E-state index contributed by atoms with van der Waals surface area (Å²) in [5.74, 6) is 0.763. The SMILES string of the molecule is Cc1c(Cl)ncnc1-n1cnc2ccccc21. The van der Waals surface area contributed by atoms with Crippen molar-refractivity contribution in [2.75, 3.05) is 0 Å². The largest absolute Gasteiger partial charge is 0.283 e. The molecule has 0 N–H and O–H groups in total. The maximum Gasteiger partial charge on any atom is 0.146 e. The Morgan fingerprint density at radius 3 is 2.82 bits per heavy atom. The molecule has 2 heterocycles. The minimum absolute atomic E-state index is 0.466. The molecule has 4 nitrogen and oxygen atoms in total. The standard InChI is InChI=1S/C12H9ClN4/c1-8-11(13)14-6-15-12(8)17-7-16-9-4-2-3-5-10(9)17/h2-7H,1H3. The van der Waals surface area contributed by atoms with Crippen molar-refractivity contribution in [3.63, 3.8) is 0 Å². The zero-order chi connectivity index (χ0) is 11.8. The summed E-state index contributed by atoms with van der Waals surface area (Å²) in [4.78, 5) is 12.5. The molecule has 3 aromatic rings. The van der Waals surface area contributed by atoms with E-state index in [0.717, 1.165) is 22.4 Å². The van der Waals surface area contributed by atoms with Crippen LogP contribution in [0.15, 0.2) is 36.9 Å². The van der Waals surface area contributed by atoms with E-state index in [1.807, 2.05) is 35.8 Å². The van der Waals surface area contributed by atoms with Gasteiger partial charge < -0.3 is 0 Å². The summed E-state index contributed by atoms with van der Waals surface area (Å²) >= 11 is 6.00. The van der Waals surface area contributed by atoms with Gasteiger partial charge in [0.05, 0.1) is 11.0 Å². The third-order valence-corrected chi connectivity index (χ3v) is 3.06. The van der Waals surface area contributed by atoms with E-state index in [1.165, 1.54) is 6.33 Å². The first-order valence-corrected chi connectivity index (χ1v) is 5.55. The Hall–Kier alpha value is -1.94. The highest BCUT2D eigenvalue weighted by Gasteiger charge is 2.10. The number of rotatable bonds is 1. The highest BCUT2D eigenvalue weighted by molar-refractivity contribution is 6.30. The molecule has 0 aliphatic heterocycles. The normalized spacial score (nSPS) is 10.9. The van der Waals surface area contributed by atoms with Gasteiger partial charge in [-0.15, -0.1) is 0 Å². The number of hydrogen-bond acceptors (Lipinski definition) is 3. The zero-order valence-electron chi connectivity index (χ0n) is 9.13. The van der Waals surface area contributed by atoms with Gasteiger partial charge in [-0.2, -0.15) is 0 Å². The molecule has 0 aliphatic carbocycles. The lowest BCUT2D eigenvalue weighted by molar-refractivity contribution is 0.972. The average molecular weight is 245 g/mol. The summed E-state index contributed by atoms with van der Waals surface area (Å²) in [5, 5.41) is 0.466. The number of fused-ring (bicyclic) bond motifs is 1. The van der Waals surface area contributed by atoms with Gasteiger partial charge in [0.25, 0.3) is 0 Å². The number of hydrogen-bond donors (Lipinski definition) is 0. The van der Waals surface area contributed by atoms with E-state index in [1.54, 1.807) is 6.33 Å². The number of para-hydroxylation sites is 2. The summed E-state index contributed by atoms with van der Waals surface area (Å²) in [6.45, 7) is 1.90. The first kappa shape index (κ1) is 10.2. The Kier molecular flexibility index (Phi) is 2.30. The summed E-state index contributed by atoms with van der Waals surface area (Å²) in [6.07, 6.45) is 3.20. The monoisotopic (exact) mass is 244 g/mol. The van der Waals surface area contributed by atoms with Crippen LogP contribution in [0.4, 0.5) is 0 Å². The molecule has 0 radical (unpaired) electrons. The van der Waals surface area contributed by atoms with Gasteiger partial charge in [0.1, 0.15) is 23.6 Å². The Morgan fingerprint density at radius 2 is 1.94 bits per heavy atom. The van der Waals surface area contributed by atoms with Crippen LogP contribution >= 0.6 is 11.6 Å². The maximum atomic E-state index is 6.00. The maximum absolute atomic E-state index is 6.00. The van der Waals surface area contributed by atoms with Crippen molar-refractivity contribution in [1.29, 1.82) is 0 Å². The van der Waals surface area contributed by atoms with Gasteiger partial charge >= 0.3 is 0 Å². The van der Waals surface area contributed by atoms with Crippen molar-refractivity contribution in [2.45, 2.75) is 6.92 Å². The third-order valence-electron chi connectivity index (χ3n) is 2.68. The first-order chi connectivity index (χ1) is 8.27. The summed E-state index contributed by atoms with van der Waals surface area (Å²) in [7, 11) is 0. The molecular weight excluding hydrogens is 236 g/mol. The van der Waals surface area contributed by atoms with Crippen LogP contribution in [0.25, 0.3) is 16.9 Å². The van der Waals surface area contributed by atoms with Gasteiger partial charge in [0, 0.05) is 5.56 Å². The lowest BCUT2D eigenvalue weighted by Crippen LogP contribution is -2.00. The fraction of sp³-hybridized carbons (Fsp3) is 0.0833. The molecule has 0 unspecified atom stereocenters. The second kappa shape index (κ2) is 3.82. The minimum atomic E-state index is 0.466. The molecule has 0 atom stereocenters. The number of benzene rings is 1. The van der Waals surface area contributed by atoms with Gasteiger partial charge in [-0.25, -0.2) is 15.0 Å². The summed E-state index contributed by atoms with van der Waals surface area (Å²) in [5.41, 5.74) is 2.78. The van der Waals surface area contributed by atoms with Crippen molar-refractivity contribution in [3.8, 4) is 5.82 Å². The molecule has 0 saturated heterocycles. The molecule has 0 bridgehead atoms. The van der Waals surface area contributed by atoms with Crippen LogP contribution in [0.1, 0.15) is 5.56 Å². The van der Waals surface area contributed by atoms with Gasteiger partial charge in [-0.3, -0.25) is 4.57 Å². The molecule has 17 heavy (non-hydrogen) atoms. The summed E-state index contributed by atoms with van der Waals surface area (Å²) < 4.78 is 1.91. The van der Waals surface area contributed by atoms with E-state index in [2.05, 4.69) is 15.0 Å². The number of imidazole rings is 1. The molecule has 5 heteroatoms. The van der Waals surface area contributed by atoms with E-state index in [-0.39, 0.29) is 0 Å². The van der Waals surface area contributed by atoms with Crippen LogP contribution in [0.5, 0.6) is 0 Å². The van der Waals surface area contributed by atoms with Crippen LogP contribution in [-0.4, -0.2) is 19.5 Å². The molecule has 0 saturated carbocycles. The second-order valence-corrected chi connectivity index (χ2v) is 4.07. The van der Waals surface area contributed by atoms with Gasteiger partial charge in [0.2, 0.25) is 0 Å². The zero-order valence-corrected chi connectivity index (χ0v) is 9.89. The first-order valence-electron chi connectivity index (χ1n) is 5.17. The predicted molar refractivity (Wildman–Crippen MR) is 66.4 cm³/mol. The van der Waals surface area contributed by atoms with Crippen LogP contribution in [-0.2, 0) is 0 Å². The Labute approximate surface area is 103 Å². The van der Waals surface area contributed by atoms with Crippen LogP contribution < -0.4 is 0 Å². The smallest absolute Gasteiger partial charge is 0.146 e. The van der Waals surface area contributed by atoms with E-state index < -0.39 is 0 Å². The van der Waals surface area contributed by atoms with Crippen LogP contribution in [0, 0.1) is 6.92 Å². The fourth-order valence-corrected chi connectivity index (χ4v) is 1.92. The molecule has 0 spiro atoms. The average Bonchev–Trinajstić information content (AvgIpc) is 2.77. The quantitative estimate of drug-likeness (QED) is 0.618. The fourth-order valence-electron chi connectivity index (χ4n) is 1.79. The molecule has 3 rings (SSSR count). The molecule has 2 aromatic heterocycles. The number of nitrogens with zero attached hydrogens (tertiary/aromatic N) is 4. The molecule has 0 aliphatic rings. The molecular formula is C12H9ClN4. The summed E-state index contributed by atoms with van der Waals surface area (Å²) in [6, 6.07) is 7.89. The highest BCUT2D eigenvalue weighted by atomic mass is 35.5. The lowest BCUT2D eigenvalue weighted by Gasteiger charge is -2.06. The van der Waals surface area contributed by atoms with E-state index >= 15 is 0 Å². The Balaban J connectivity index is 2.31. The van der Waals surface area contributed by atoms with E-state index in [0.29, 0.717) is 5.15 Å². The number of aromatic nitrogens is 4. The number of halogens is 1. The predicted octanol–water partition coefficient (Wildman–Crippen LogP) is 2.78. The van der Waals surface area contributed by atoms with E-state index in [9.17, 15) is 0 Å². The Bertz CT molecular complexity index is 690. The van der Waals surface area contributed by atoms with Crippen molar-refractivity contribution in [3.05, 3.63) is 47.6 Å². The molecule has 84 valence electrons. The van der Waals surface area contributed by atoms with Crippen molar-refractivity contribution in [1.82, 2.24) is 19.5 Å². The Morgan fingerprint density at radius 1 is 1.12 bits per heavy atom. The van der Waals surface area contributed by atoms with E-state index in [4.69, 9.17) is 11.6 Å². The van der Waals surface area contributed by atoms with Crippen LogP contribution in [0.2, 0.25) is 5.15 Å².